The van der Waals surface area contributed by atoms with Gasteiger partial charge in [0.25, 0.3) is 0 Å². The molecular formula is C14H21N3O2S. The second-order valence-electron chi connectivity index (χ2n) is 4.87. The number of para-hydroxylation sites is 2. The molecule has 0 radical (unpaired) electrons. The van der Waals surface area contributed by atoms with Gasteiger partial charge in [0.15, 0.2) is 0 Å². The summed E-state index contributed by atoms with van der Waals surface area (Å²) in [5.41, 5.74) is 2.08. The van der Waals surface area contributed by atoms with Crippen LogP contribution in [-0.2, 0) is 16.6 Å². The largest absolute Gasteiger partial charge is 0.328 e. The van der Waals surface area contributed by atoms with Crippen molar-refractivity contribution in [1.29, 1.82) is 0 Å². The highest BCUT2D eigenvalue weighted by molar-refractivity contribution is 7.89. The Bertz CT molecular complexity index is 677. The average Bonchev–Trinajstić information content (AvgIpc) is 2.70. The predicted octanol–water partition coefficient (Wildman–Crippen LogP) is 2.06. The van der Waals surface area contributed by atoms with Crippen molar-refractivity contribution in [2.75, 3.05) is 12.3 Å². The van der Waals surface area contributed by atoms with E-state index in [9.17, 15) is 8.42 Å². The Labute approximate surface area is 120 Å². The third kappa shape index (κ3) is 3.58. The van der Waals surface area contributed by atoms with Crippen LogP contribution in [-0.4, -0.2) is 30.3 Å². The van der Waals surface area contributed by atoms with Gasteiger partial charge in [-0.15, -0.1) is 0 Å². The van der Waals surface area contributed by atoms with Crippen LogP contribution in [0.5, 0.6) is 0 Å². The minimum atomic E-state index is -3.10. The number of imidazole rings is 1. The van der Waals surface area contributed by atoms with E-state index in [-0.39, 0.29) is 5.75 Å². The number of nitrogens with one attached hydrogen (secondary N) is 1. The second kappa shape index (κ2) is 6.37. The molecule has 6 heteroatoms. The molecule has 0 spiro atoms. The van der Waals surface area contributed by atoms with Crippen molar-refractivity contribution in [3.63, 3.8) is 0 Å². The summed E-state index contributed by atoms with van der Waals surface area (Å²) >= 11 is 0. The number of fused-ring (bicyclic) bond motifs is 1. The van der Waals surface area contributed by atoms with E-state index < -0.39 is 10.0 Å². The Balaban J connectivity index is 1.95. The van der Waals surface area contributed by atoms with Crippen LogP contribution < -0.4 is 4.72 Å². The zero-order chi connectivity index (χ0) is 14.6. The fourth-order valence-corrected chi connectivity index (χ4v) is 3.42. The van der Waals surface area contributed by atoms with Crippen molar-refractivity contribution >= 4 is 21.1 Å². The number of sulfonamides is 1. The van der Waals surface area contributed by atoms with Gasteiger partial charge < -0.3 is 4.57 Å². The molecule has 110 valence electrons. The first-order valence-electron chi connectivity index (χ1n) is 6.92. The van der Waals surface area contributed by atoms with Crippen LogP contribution in [0.15, 0.2) is 24.3 Å². The van der Waals surface area contributed by atoms with Gasteiger partial charge in [-0.1, -0.05) is 19.1 Å². The lowest BCUT2D eigenvalue weighted by molar-refractivity contribution is 0.569. The van der Waals surface area contributed by atoms with Gasteiger partial charge in [0.1, 0.15) is 5.82 Å². The van der Waals surface area contributed by atoms with Gasteiger partial charge >= 0.3 is 0 Å². The van der Waals surface area contributed by atoms with Crippen LogP contribution in [0.25, 0.3) is 11.0 Å². The molecule has 0 saturated carbocycles. The van der Waals surface area contributed by atoms with E-state index in [4.69, 9.17) is 0 Å². The summed E-state index contributed by atoms with van der Waals surface area (Å²) in [5.74, 6) is 1.16. The number of aromatic nitrogens is 2. The van der Waals surface area contributed by atoms with Crippen molar-refractivity contribution in [3.8, 4) is 0 Å². The van der Waals surface area contributed by atoms with Crippen molar-refractivity contribution in [1.82, 2.24) is 14.3 Å². The monoisotopic (exact) mass is 295 g/mol. The van der Waals surface area contributed by atoms with Crippen LogP contribution in [0.4, 0.5) is 0 Å². The second-order valence-corrected chi connectivity index (χ2v) is 6.79. The maximum atomic E-state index is 11.5. The van der Waals surface area contributed by atoms with Gasteiger partial charge in [-0.25, -0.2) is 18.1 Å². The maximum Gasteiger partial charge on any atom is 0.211 e. The summed E-state index contributed by atoms with van der Waals surface area (Å²) in [7, 11) is -3.10. The van der Waals surface area contributed by atoms with Gasteiger partial charge in [-0.2, -0.15) is 0 Å². The van der Waals surface area contributed by atoms with E-state index in [1.54, 1.807) is 0 Å². The minimum Gasteiger partial charge on any atom is -0.328 e. The predicted molar refractivity (Wildman–Crippen MR) is 81.2 cm³/mol. The molecule has 0 amide bonds. The van der Waals surface area contributed by atoms with E-state index >= 15 is 0 Å². The number of aryl methyl sites for hydroxylation is 2. The molecule has 1 aromatic heterocycles. The van der Waals surface area contributed by atoms with E-state index in [1.807, 2.05) is 38.1 Å². The highest BCUT2D eigenvalue weighted by atomic mass is 32.2. The van der Waals surface area contributed by atoms with E-state index in [0.29, 0.717) is 13.0 Å². The molecule has 0 aliphatic heterocycles. The third-order valence-electron chi connectivity index (χ3n) is 3.20. The molecule has 0 saturated heterocycles. The first-order valence-corrected chi connectivity index (χ1v) is 8.58. The summed E-state index contributed by atoms with van der Waals surface area (Å²) in [4.78, 5) is 4.49. The molecule has 1 N–H and O–H groups in total. The lowest BCUT2D eigenvalue weighted by atomic mass is 10.3. The van der Waals surface area contributed by atoms with Crippen LogP contribution >= 0.6 is 0 Å². The Morgan fingerprint density at radius 3 is 2.80 bits per heavy atom. The van der Waals surface area contributed by atoms with Crippen LogP contribution in [0.3, 0.4) is 0 Å². The first kappa shape index (κ1) is 15.0. The number of hydrogen-bond donors (Lipinski definition) is 1. The molecule has 0 aliphatic rings. The first-order chi connectivity index (χ1) is 9.53. The Kier molecular flexibility index (Phi) is 4.77. The Morgan fingerprint density at radius 1 is 1.30 bits per heavy atom. The molecule has 0 bridgehead atoms. The molecule has 0 atom stereocenters. The molecule has 5 nitrogen and oxygen atoms in total. The van der Waals surface area contributed by atoms with Crippen LogP contribution in [0.1, 0.15) is 25.6 Å². The highest BCUT2D eigenvalue weighted by Gasteiger charge is 2.09. The molecule has 20 heavy (non-hydrogen) atoms. The summed E-state index contributed by atoms with van der Waals surface area (Å²) in [6.45, 7) is 5.07. The number of nitrogens with zero attached hydrogens (tertiary/aromatic N) is 2. The number of benzene rings is 1. The van der Waals surface area contributed by atoms with Crippen molar-refractivity contribution < 1.29 is 8.42 Å². The molecule has 1 heterocycles. The third-order valence-corrected chi connectivity index (χ3v) is 4.79. The molecule has 1 aromatic carbocycles. The van der Waals surface area contributed by atoms with Crippen molar-refractivity contribution in [2.24, 2.45) is 0 Å². The fourth-order valence-electron chi connectivity index (χ4n) is 2.28. The number of rotatable bonds is 7. The minimum absolute atomic E-state index is 0.194. The smallest absolute Gasteiger partial charge is 0.211 e. The van der Waals surface area contributed by atoms with Crippen molar-refractivity contribution in [2.45, 2.75) is 33.2 Å². The lowest BCUT2D eigenvalue weighted by Gasteiger charge is -2.08. The summed E-state index contributed by atoms with van der Waals surface area (Å²) in [6.07, 6.45) is 1.39. The Morgan fingerprint density at radius 2 is 2.05 bits per heavy atom. The van der Waals surface area contributed by atoms with Crippen LogP contribution in [0, 0.1) is 6.92 Å². The summed E-state index contributed by atoms with van der Waals surface area (Å²) < 4.78 is 27.8. The van der Waals surface area contributed by atoms with E-state index in [2.05, 4.69) is 14.3 Å². The molecule has 0 fully saturated rings. The van der Waals surface area contributed by atoms with Gasteiger partial charge in [-0.3, -0.25) is 0 Å². The molecule has 0 unspecified atom stereocenters. The zero-order valence-electron chi connectivity index (χ0n) is 12.0. The Hall–Kier alpha value is -1.40. The normalized spacial score (nSPS) is 12.1. The quantitative estimate of drug-likeness (QED) is 0.795. The van der Waals surface area contributed by atoms with Gasteiger partial charge in [0, 0.05) is 13.1 Å². The fraction of sp³-hybridized carbons (Fsp3) is 0.500. The van der Waals surface area contributed by atoms with Gasteiger partial charge in [0.2, 0.25) is 10.0 Å². The lowest BCUT2D eigenvalue weighted by Crippen LogP contribution is -2.27. The standard InChI is InChI=1S/C14H21N3O2S/c1-3-11-20(18,19)15-9-6-10-17-12(2)16-13-7-4-5-8-14(13)17/h4-5,7-8,15H,3,6,9-11H2,1-2H3. The topological polar surface area (TPSA) is 64.0 Å². The van der Waals surface area contributed by atoms with Crippen LogP contribution in [0.2, 0.25) is 0 Å². The van der Waals surface area contributed by atoms with E-state index in [0.717, 1.165) is 29.8 Å². The summed E-state index contributed by atoms with van der Waals surface area (Å²) in [5, 5.41) is 0. The van der Waals surface area contributed by atoms with Crippen molar-refractivity contribution in [3.05, 3.63) is 30.1 Å². The zero-order valence-corrected chi connectivity index (χ0v) is 12.8. The molecule has 0 aliphatic carbocycles. The summed E-state index contributed by atoms with van der Waals surface area (Å²) in [6, 6.07) is 7.99. The maximum absolute atomic E-state index is 11.5. The molecule has 2 rings (SSSR count). The molecule has 2 aromatic rings. The van der Waals surface area contributed by atoms with E-state index in [1.165, 1.54) is 0 Å². The number of hydrogen-bond acceptors (Lipinski definition) is 3. The van der Waals surface area contributed by atoms with Gasteiger partial charge in [-0.05, 0) is 31.9 Å². The van der Waals surface area contributed by atoms with Gasteiger partial charge in [0.05, 0.1) is 16.8 Å². The average molecular weight is 295 g/mol. The highest BCUT2D eigenvalue weighted by Crippen LogP contribution is 2.15. The SMILES string of the molecule is CCCS(=O)(=O)NCCCn1c(C)nc2ccccc21. The molecular weight excluding hydrogens is 274 g/mol.